The third-order valence-corrected chi connectivity index (χ3v) is 6.30. The second-order valence-corrected chi connectivity index (χ2v) is 8.86. The van der Waals surface area contributed by atoms with Crippen LogP contribution in [0.5, 0.6) is 0 Å². The number of halogens is 1. The van der Waals surface area contributed by atoms with E-state index in [-0.39, 0.29) is 35.4 Å². The van der Waals surface area contributed by atoms with Crippen LogP contribution < -0.4 is 10.4 Å². The molecule has 0 saturated heterocycles. The van der Waals surface area contributed by atoms with Crippen LogP contribution in [0.2, 0.25) is 0 Å². The summed E-state index contributed by atoms with van der Waals surface area (Å²) in [6, 6.07) is 10.3. The third-order valence-electron chi connectivity index (χ3n) is 4.84. The van der Waals surface area contributed by atoms with Crippen molar-refractivity contribution in [2.75, 3.05) is 6.54 Å². The highest BCUT2D eigenvalue weighted by molar-refractivity contribution is 7.89. The van der Waals surface area contributed by atoms with Gasteiger partial charge >= 0.3 is 5.69 Å². The zero-order valence-electron chi connectivity index (χ0n) is 16.1. The molecule has 12 heteroatoms. The Kier molecular flexibility index (Phi) is 5.41. The summed E-state index contributed by atoms with van der Waals surface area (Å²) >= 11 is 0. The highest BCUT2D eigenvalue weighted by Gasteiger charge is 2.30. The molecule has 0 unspecified atom stereocenters. The zero-order chi connectivity index (χ0) is 22.2. The van der Waals surface area contributed by atoms with Gasteiger partial charge in [0.15, 0.2) is 5.82 Å². The van der Waals surface area contributed by atoms with Crippen molar-refractivity contribution in [2.45, 2.75) is 30.3 Å². The quantitative estimate of drug-likeness (QED) is 0.416. The molecule has 1 saturated carbocycles. The number of nitrogens with one attached hydrogen (secondary N) is 1. The molecule has 1 aliphatic carbocycles. The summed E-state index contributed by atoms with van der Waals surface area (Å²) in [5.41, 5.74) is -0.135. The maximum atomic E-state index is 13.2. The molecule has 1 N–H and O–H groups in total. The van der Waals surface area contributed by atoms with E-state index in [0.29, 0.717) is 11.4 Å². The number of benzene rings is 2. The van der Waals surface area contributed by atoms with Crippen LogP contribution >= 0.6 is 0 Å². The molecule has 1 aliphatic rings. The van der Waals surface area contributed by atoms with E-state index in [4.69, 9.17) is 0 Å². The summed E-state index contributed by atoms with van der Waals surface area (Å²) in [5, 5.41) is 15.2. The molecule has 0 amide bonds. The van der Waals surface area contributed by atoms with Crippen LogP contribution in [0.3, 0.4) is 0 Å². The van der Waals surface area contributed by atoms with Gasteiger partial charge < -0.3 is 0 Å². The Labute approximate surface area is 176 Å². The first kappa shape index (κ1) is 20.9. The highest BCUT2D eigenvalue weighted by Crippen LogP contribution is 2.36. The van der Waals surface area contributed by atoms with E-state index < -0.39 is 20.8 Å². The first-order valence-corrected chi connectivity index (χ1v) is 10.9. The number of sulfonamides is 1. The predicted octanol–water partition coefficient (Wildman–Crippen LogP) is 2.07. The van der Waals surface area contributed by atoms with Crippen LogP contribution in [0, 0.1) is 15.9 Å². The lowest BCUT2D eigenvalue weighted by Gasteiger charge is -2.06. The van der Waals surface area contributed by atoms with Crippen molar-refractivity contribution < 1.29 is 17.7 Å². The third kappa shape index (κ3) is 4.39. The molecule has 0 atom stereocenters. The molecule has 10 nitrogen and oxygen atoms in total. The lowest BCUT2D eigenvalue weighted by atomic mass is 10.2. The van der Waals surface area contributed by atoms with E-state index in [0.717, 1.165) is 23.6 Å². The molecular weight excluding hydrogens is 429 g/mol. The number of nitrogens with zero attached hydrogens (tertiary/aromatic N) is 4. The first-order valence-electron chi connectivity index (χ1n) is 9.46. The Hall–Kier alpha value is -3.38. The van der Waals surface area contributed by atoms with E-state index in [2.05, 4.69) is 9.82 Å². The molecule has 162 valence electrons. The van der Waals surface area contributed by atoms with E-state index in [1.807, 2.05) is 0 Å². The smallest absolute Gasteiger partial charge is 0.272 e. The molecule has 1 aromatic heterocycles. The average Bonchev–Trinajstić information content (AvgIpc) is 3.53. The fourth-order valence-corrected chi connectivity index (χ4v) is 4.22. The van der Waals surface area contributed by atoms with Gasteiger partial charge in [-0.3, -0.25) is 14.7 Å². The van der Waals surface area contributed by atoms with E-state index in [9.17, 15) is 27.7 Å². The molecule has 31 heavy (non-hydrogen) atoms. The largest absolute Gasteiger partial charge is 0.346 e. The molecule has 0 spiro atoms. The Morgan fingerprint density at radius 2 is 1.90 bits per heavy atom. The van der Waals surface area contributed by atoms with Crippen molar-refractivity contribution in [1.29, 1.82) is 0 Å². The van der Waals surface area contributed by atoms with Gasteiger partial charge in [0.25, 0.3) is 5.69 Å². The lowest BCUT2D eigenvalue weighted by molar-refractivity contribution is -0.385. The van der Waals surface area contributed by atoms with Crippen molar-refractivity contribution in [1.82, 2.24) is 19.1 Å². The standard InChI is InChI=1S/C19H18FN5O5S/c20-14-6-4-13(5-7-14)18-22-23(19(26)24(18)15-8-9-15)11-10-21-31(29,30)17-3-1-2-16(12-17)25(27)28/h1-7,12,15,21H,8-11H2. The lowest BCUT2D eigenvalue weighted by Crippen LogP contribution is -2.32. The van der Waals surface area contributed by atoms with E-state index >= 15 is 0 Å². The van der Waals surface area contributed by atoms with Crippen molar-refractivity contribution >= 4 is 15.7 Å². The monoisotopic (exact) mass is 447 g/mol. The summed E-state index contributed by atoms with van der Waals surface area (Å²) in [4.78, 5) is 22.7. The van der Waals surface area contributed by atoms with Gasteiger partial charge in [0.1, 0.15) is 5.82 Å². The fraction of sp³-hybridized carbons (Fsp3) is 0.263. The number of aromatic nitrogens is 3. The van der Waals surface area contributed by atoms with Crippen LogP contribution in [-0.2, 0) is 16.6 Å². The number of non-ortho nitro benzene ring substituents is 1. The summed E-state index contributed by atoms with van der Waals surface area (Å²) < 4.78 is 43.2. The van der Waals surface area contributed by atoms with Crippen LogP contribution in [0.4, 0.5) is 10.1 Å². The van der Waals surface area contributed by atoms with Crippen molar-refractivity contribution in [3.8, 4) is 11.4 Å². The van der Waals surface area contributed by atoms with Gasteiger partial charge in [-0.15, -0.1) is 5.10 Å². The average molecular weight is 447 g/mol. The van der Waals surface area contributed by atoms with Crippen LogP contribution in [0.1, 0.15) is 18.9 Å². The van der Waals surface area contributed by atoms with Gasteiger partial charge in [-0.1, -0.05) is 6.07 Å². The second-order valence-electron chi connectivity index (χ2n) is 7.09. The number of rotatable bonds is 8. The van der Waals surface area contributed by atoms with Crippen molar-refractivity contribution in [2.24, 2.45) is 0 Å². The van der Waals surface area contributed by atoms with Gasteiger partial charge in [-0.25, -0.2) is 27.0 Å². The van der Waals surface area contributed by atoms with Gasteiger partial charge in [0, 0.05) is 30.3 Å². The van der Waals surface area contributed by atoms with Gasteiger partial charge in [-0.05, 0) is 43.2 Å². The fourth-order valence-electron chi connectivity index (χ4n) is 3.16. The summed E-state index contributed by atoms with van der Waals surface area (Å²) in [6.07, 6.45) is 1.67. The SMILES string of the molecule is O=c1n(CCNS(=O)(=O)c2cccc([N+](=O)[O-])c2)nc(-c2ccc(F)cc2)n1C1CC1. The second kappa shape index (κ2) is 8.04. The Balaban J connectivity index is 1.53. The number of nitro benzene ring substituents is 1. The number of hydrogen-bond acceptors (Lipinski definition) is 6. The van der Waals surface area contributed by atoms with Gasteiger partial charge in [-0.2, -0.15) is 0 Å². The summed E-state index contributed by atoms with van der Waals surface area (Å²) in [6.45, 7) is -0.184. The van der Waals surface area contributed by atoms with Crippen molar-refractivity contribution in [3.05, 3.63) is 74.9 Å². The van der Waals surface area contributed by atoms with Crippen LogP contribution in [-0.4, -0.2) is 34.2 Å². The van der Waals surface area contributed by atoms with Crippen LogP contribution in [0.15, 0.2) is 58.2 Å². The normalized spacial score (nSPS) is 14.0. The van der Waals surface area contributed by atoms with Gasteiger partial charge in [0.05, 0.1) is 16.4 Å². The maximum Gasteiger partial charge on any atom is 0.346 e. The van der Waals surface area contributed by atoms with Crippen molar-refractivity contribution in [3.63, 3.8) is 0 Å². The zero-order valence-corrected chi connectivity index (χ0v) is 17.0. The molecule has 0 bridgehead atoms. The molecule has 1 heterocycles. The molecular formula is C19H18FN5O5S. The van der Waals surface area contributed by atoms with Gasteiger partial charge in [0.2, 0.25) is 10.0 Å². The summed E-state index contributed by atoms with van der Waals surface area (Å²) in [5.74, 6) is -0.00639. The molecule has 0 radical (unpaired) electrons. The summed E-state index contributed by atoms with van der Waals surface area (Å²) in [7, 11) is -4.01. The van der Waals surface area contributed by atoms with E-state index in [1.54, 1.807) is 4.57 Å². The maximum absolute atomic E-state index is 13.2. The molecule has 3 aromatic rings. The minimum absolute atomic E-state index is 0.0165. The minimum atomic E-state index is -4.01. The first-order chi connectivity index (χ1) is 14.8. The molecule has 1 fully saturated rings. The Morgan fingerprint density at radius 1 is 1.19 bits per heavy atom. The van der Waals surface area contributed by atoms with E-state index in [1.165, 1.54) is 42.5 Å². The molecule has 4 rings (SSSR count). The number of hydrogen-bond donors (Lipinski definition) is 1. The topological polar surface area (TPSA) is 129 Å². The predicted molar refractivity (Wildman–Crippen MR) is 108 cm³/mol. The molecule has 0 aliphatic heterocycles. The highest BCUT2D eigenvalue weighted by atomic mass is 32.2. The minimum Gasteiger partial charge on any atom is -0.272 e. The van der Waals surface area contributed by atoms with Crippen LogP contribution in [0.25, 0.3) is 11.4 Å². The Bertz CT molecular complexity index is 1300. The Morgan fingerprint density at radius 3 is 2.55 bits per heavy atom. The number of nitro groups is 1. The molecule has 2 aromatic carbocycles.